The maximum absolute atomic E-state index is 4.32. The number of fused-ring (bicyclic) bond motifs is 1. The average molecular weight is 167 g/mol. The summed E-state index contributed by atoms with van der Waals surface area (Å²) in [6.45, 7) is 4.08. The van der Waals surface area contributed by atoms with Gasteiger partial charge in [-0.15, -0.1) is 0 Å². The first kappa shape index (κ1) is 6.79. The summed E-state index contributed by atoms with van der Waals surface area (Å²) in [5.74, 6) is 0. The molecule has 0 N–H and O–H groups in total. The fourth-order valence-electron chi connectivity index (χ4n) is 0.993. The molecule has 0 aliphatic heterocycles. The molecule has 0 bridgehead atoms. The number of hydrogen-bond donors (Lipinski definition) is 0. The third-order valence-corrected chi connectivity index (χ3v) is 2.57. The molecule has 0 saturated carbocycles. The summed E-state index contributed by atoms with van der Waals surface area (Å²) < 4.78 is 1.85. The highest BCUT2D eigenvalue weighted by Gasteiger charge is 2.02. The van der Waals surface area contributed by atoms with Gasteiger partial charge in [-0.1, -0.05) is 18.3 Å². The Morgan fingerprint density at radius 1 is 1.64 bits per heavy atom. The second kappa shape index (κ2) is 2.30. The van der Waals surface area contributed by atoms with Crippen molar-refractivity contribution in [2.45, 2.75) is 20.3 Å². The number of aryl methyl sites for hydroxylation is 2. The zero-order chi connectivity index (χ0) is 7.84. The molecule has 2 aromatic rings. The van der Waals surface area contributed by atoms with Crippen LogP contribution in [0.5, 0.6) is 0 Å². The van der Waals surface area contributed by atoms with E-state index in [9.17, 15) is 0 Å². The molecule has 0 saturated heterocycles. The van der Waals surface area contributed by atoms with Crippen LogP contribution in [-0.4, -0.2) is 14.6 Å². The van der Waals surface area contributed by atoms with Crippen molar-refractivity contribution in [2.75, 3.05) is 0 Å². The zero-order valence-electron chi connectivity index (χ0n) is 6.53. The minimum absolute atomic E-state index is 0.993. The van der Waals surface area contributed by atoms with Gasteiger partial charge in [0.05, 0.1) is 11.9 Å². The molecule has 0 atom stereocenters. The highest BCUT2D eigenvalue weighted by molar-refractivity contribution is 7.16. The Hall–Kier alpha value is -0.900. The van der Waals surface area contributed by atoms with Crippen LogP contribution in [0.15, 0.2) is 6.20 Å². The molecule has 0 spiro atoms. The van der Waals surface area contributed by atoms with Crippen molar-refractivity contribution in [3.63, 3.8) is 0 Å². The number of imidazole rings is 1. The Bertz CT molecular complexity index is 342. The fraction of sp³-hybridized carbons (Fsp3) is 0.429. The van der Waals surface area contributed by atoms with Crippen LogP contribution in [0.25, 0.3) is 4.96 Å². The van der Waals surface area contributed by atoms with Gasteiger partial charge in [-0.25, -0.2) is 9.50 Å². The van der Waals surface area contributed by atoms with Gasteiger partial charge < -0.3 is 0 Å². The molecule has 0 fully saturated rings. The zero-order valence-corrected chi connectivity index (χ0v) is 7.35. The molecule has 0 unspecified atom stereocenters. The third kappa shape index (κ3) is 1.03. The van der Waals surface area contributed by atoms with E-state index in [2.05, 4.69) is 17.0 Å². The van der Waals surface area contributed by atoms with E-state index >= 15 is 0 Å². The van der Waals surface area contributed by atoms with Crippen LogP contribution in [0, 0.1) is 6.92 Å². The Morgan fingerprint density at radius 3 is 3.09 bits per heavy atom. The number of nitrogens with zero attached hydrogens (tertiary/aromatic N) is 3. The Balaban J connectivity index is 2.64. The lowest BCUT2D eigenvalue weighted by Gasteiger charge is -1.79. The van der Waals surface area contributed by atoms with E-state index in [1.54, 1.807) is 11.3 Å². The van der Waals surface area contributed by atoms with E-state index in [-0.39, 0.29) is 0 Å². The summed E-state index contributed by atoms with van der Waals surface area (Å²) in [7, 11) is 0. The summed E-state index contributed by atoms with van der Waals surface area (Å²) in [4.78, 5) is 5.30. The molecule has 0 aliphatic rings. The van der Waals surface area contributed by atoms with Crippen molar-refractivity contribution in [3.8, 4) is 0 Å². The van der Waals surface area contributed by atoms with E-state index in [4.69, 9.17) is 0 Å². The van der Waals surface area contributed by atoms with E-state index in [0.29, 0.717) is 0 Å². The highest BCUT2D eigenvalue weighted by atomic mass is 32.1. The van der Waals surface area contributed by atoms with Crippen LogP contribution in [-0.2, 0) is 6.42 Å². The first-order valence-electron chi connectivity index (χ1n) is 3.61. The largest absolute Gasteiger partial charge is 0.223 e. The summed E-state index contributed by atoms with van der Waals surface area (Å²) in [5, 5.41) is 5.47. The van der Waals surface area contributed by atoms with Crippen molar-refractivity contribution in [1.82, 2.24) is 14.6 Å². The normalized spacial score (nSPS) is 11.1. The quantitative estimate of drug-likeness (QED) is 0.646. The fourth-order valence-corrected chi connectivity index (χ4v) is 1.85. The maximum Gasteiger partial charge on any atom is 0.212 e. The monoisotopic (exact) mass is 167 g/mol. The number of hydrogen-bond acceptors (Lipinski definition) is 3. The molecular weight excluding hydrogens is 158 g/mol. The maximum atomic E-state index is 4.32. The van der Waals surface area contributed by atoms with Crippen LogP contribution in [0.4, 0.5) is 0 Å². The molecule has 2 rings (SSSR count). The smallest absolute Gasteiger partial charge is 0.212 e. The van der Waals surface area contributed by atoms with E-state index in [1.165, 1.54) is 0 Å². The van der Waals surface area contributed by atoms with Crippen LogP contribution >= 0.6 is 11.3 Å². The standard InChI is InChI=1S/C7H9N3S/c1-3-6-9-10-4-5(2)8-7(10)11-6/h4H,3H2,1-2H3. The Morgan fingerprint density at radius 2 is 2.45 bits per heavy atom. The van der Waals surface area contributed by atoms with Crippen LogP contribution in [0.1, 0.15) is 17.6 Å². The second-order valence-corrected chi connectivity index (χ2v) is 3.50. The van der Waals surface area contributed by atoms with Crippen molar-refractivity contribution in [2.24, 2.45) is 0 Å². The van der Waals surface area contributed by atoms with Crippen LogP contribution in [0.2, 0.25) is 0 Å². The highest BCUT2D eigenvalue weighted by Crippen LogP contribution is 2.13. The van der Waals surface area contributed by atoms with Gasteiger partial charge in [0, 0.05) is 0 Å². The summed E-state index contributed by atoms with van der Waals surface area (Å²) in [6.07, 6.45) is 2.94. The van der Waals surface area contributed by atoms with Gasteiger partial charge in [-0.05, 0) is 13.3 Å². The van der Waals surface area contributed by atoms with Gasteiger partial charge in [0.2, 0.25) is 4.96 Å². The van der Waals surface area contributed by atoms with Gasteiger partial charge >= 0.3 is 0 Å². The summed E-state index contributed by atoms with van der Waals surface area (Å²) >= 11 is 1.66. The predicted octanol–water partition coefficient (Wildman–Crippen LogP) is 1.66. The molecule has 2 heterocycles. The average Bonchev–Trinajstić information content (AvgIpc) is 2.43. The van der Waals surface area contributed by atoms with Gasteiger partial charge in [0.1, 0.15) is 5.01 Å². The number of rotatable bonds is 1. The van der Waals surface area contributed by atoms with Gasteiger partial charge in [-0.3, -0.25) is 0 Å². The summed E-state index contributed by atoms with van der Waals surface area (Å²) in [6, 6.07) is 0. The van der Waals surface area contributed by atoms with Gasteiger partial charge in [-0.2, -0.15) is 5.10 Å². The van der Waals surface area contributed by atoms with Crippen molar-refractivity contribution in [1.29, 1.82) is 0 Å². The SMILES string of the molecule is CCc1nn2cc(C)nc2s1. The molecule has 58 valence electrons. The molecule has 0 aromatic carbocycles. The van der Waals surface area contributed by atoms with Crippen LogP contribution < -0.4 is 0 Å². The van der Waals surface area contributed by atoms with E-state index in [1.807, 2.05) is 17.6 Å². The van der Waals surface area contributed by atoms with Gasteiger partial charge in [0.15, 0.2) is 0 Å². The molecule has 2 aromatic heterocycles. The molecule has 0 aliphatic carbocycles. The first-order valence-corrected chi connectivity index (χ1v) is 4.43. The topological polar surface area (TPSA) is 30.2 Å². The minimum atomic E-state index is 0.993. The molecule has 4 heteroatoms. The second-order valence-electron chi connectivity index (χ2n) is 2.46. The molecular formula is C7H9N3S. The van der Waals surface area contributed by atoms with Crippen LogP contribution in [0.3, 0.4) is 0 Å². The van der Waals surface area contributed by atoms with Crippen molar-refractivity contribution >= 4 is 16.3 Å². The molecule has 0 amide bonds. The Labute approximate surface area is 68.7 Å². The molecule has 3 nitrogen and oxygen atoms in total. The summed E-state index contributed by atoms with van der Waals surface area (Å²) in [5.41, 5.74) is 1.03. The lowest BCUT2D eigenvalue weighted by molar-refractivity contribution is 0.908. The molecule has 0 radical (unpaired) electrons. The van der Waals surface area contributed by atoms with Crippen molar-refractivity contribution in [3.05, 3.63) is 16.9 Å². The van der Waals surface area contributed by atoms with Crippen molar-refractivity contribution < 1.29 is 0 Å². The minimum Gasteiger partial charge on any atom is -0.223 e. The number of aromatic nitrogens is 3. The first-order chi connectivity index (χ1) is 5.29. The van der Waals surface area contributed by atoms with E-state index in [0.717, 1.165) is 22.1 Å². The lowest BCUT2D eigenvalue weighted by Crippen LogP contribution is -1.82. The van der Waals surface area contributed by atoms with Gasteiger partial charge in [0.25, 0.3) is 0 Å². The lowest BCUT2D eigenvalue weighted by atomic mass is 10.5. The Kier molecular flexibility index (Phi) is 1.42. The van der Waals surface area contributed by atoms with E-state index < -0.39 is 0 Å². The predicted molar refractivity (Wildman–Crippen MR) is 45.0 cm³/mol. The third-order valence-electron chi connectivity index (χ3n) is 1.51. The molecule has 11 heavy (non-hydrogen) atoms.